The van der Waals surface area contributed by atoms with E-state index in [4.69, 9.17) is 5.73 Å². The predicted molar refractivity (Wildman–Crippen MR) is 74.1 cm³/mol. The molecule has 3 N–H and O–H groups in total. The van der Waals surface area contributed by atoms with Crippen molar-refractivity contribution in [2.24, 2.45) is 5.73 Å². The lowest BCUT2D eigenvalue weighted by Gasteiger charge is -2.21. The third-order valence-electron chi connectivity index (χ3n) is 2.54. The molecule has 0 radical (unpaired) electrons. The normalized spacial score (nSPS) is 9.74. The number of hydrogen-bond acceptors (Lipinski definition) is 3. The molecule has 1 aromatic carbocycles. The molecule has 1 aromatic rings. The average molecular weight is 261 g/mol. The lowest BCUT2D eigenvalue weighted by atomic mass is 10.2. The SMILES string of the molecule is C=CCN(Cc1ccccc1)C(=O)CNC(=O)CN. The van der Waals surface area contributed by atoms with Crippen LogP contribution in [0, 0.1) is 0 Å². The highest BCUT2D eigenvalue weighted by atomic mass is 16.2. The van der Waals surface area contributed by atoms with Crippen LogP contribution in [0.1, 0.15) is 5.56 Å². The number of carbonyl (C=O) groups is 2. The Labute approximate surface area is 113 Å². The van der Waals surface area contributed by atoms with E-state index in [-0.39, 0.29) is 24.9 Å². The molecule has 5 heteroatoms. The molecule has 5 nitrogen and oxygen atoms in total. The summed E-state index contributed by atoms with van der Waals surface area (Å²) in [6.45, 7) is 4.40. The first-order valence-electron chi connectivity index (χ1n) is 6.06. The number of carbonyl (C=O) groups excluding carboxylic acids is 2. The summed E-state index contributed by atoms with van der Waals surface area (Å²) in [5, 5.41) is 2.47. The summed E-state index contributed by atoms with van der Waals surface area (Å²) < 4.78 is 0. The number of hydrogen-bond donors (Lipinski definition) is 2. The fourth-order valence-electron chi connectivity index (χ4n) is 1.57. The molecule has 0 aromatic heterocycles. The lowest BCUT2D eigenvalue weighted by Crippen LogP contribution is -2.41. The third-order valence-corrected chi connectivity index (χ3v) is 2.54. The second-order valence-electron chi connectivity index (χ2n) is 4.03. The van der Waals surface area contributed by atoms with Gasteiger partial charge in [-0.1, -0.05) is 36.4 Å². The quantitative estimate of drug-likeness (QED) is 0.692. The predicted octanol–water partition coefficient (Wildman–Crippen LogP) is 0.276. The summed E-state index contributed by atoms with van der Waals surface area (Å²) in [5.74, 6) is -0.503. The Kier molecular flexibility index (Phi) is 6.32. The highest BCUT2D eigenvalue weighted by Gasteiger charge is 2.13. The van der Waals surface area contributed by atoms with Gasteiger partial charge >= 0.3 is 0 Å². The third kappa shape index (κ3) is 5.35. The largest absolute Gasteiger partial charge is 0.346 e. The van der Waals surface area contributed by atoms with Gasteiger partial charge in [0.05, 0.1) is 13.1 Å². The molecule has 0 atom stereocenters. The first-order valence-corrected chi connectivity index (χ1v) is 6.06. The van der Waals surface area contributed by atoms with Crippen molar-refractivity contribution in [1.29, 1.82) is 0 Å². The Morgan fingerprint density at radius 1 is 1.32 bits per heavy atom. The zero-order valence-corrected chi connectivity index (χ0v) is 10.8. The zero-order chi connectivity index (χ0) is 14.1. The Balaban J connectivity index is 2.58. The van der Waals surface area contributed by atoms with E-state index in [1.54, 1.807) is 11.0 Å². The van der Waals surface area contributed by atoms with Crippen molar-refractivity contribution in [3.05, 3.63) is 48.6 Å². The fourth-order valence-corrected chi connectivity index (χ4v) is 1.57. The van der Waals surface area contributed by atoms with Gasteiger partial charge in [-0.15, -0.1) is 6.58 Å². The minimum Gasteiger partial charge on any atom is -0.346 e. The highest BCUT2D eigenvalue weighted by Crippen LogP contribution is 2.04. The van der Waals surface area contributed by atoms with Gasteiger partial charge in [-0.3, -0.25) is 9.59 Å². The van der Waals surface area contributed by atoms with E-state index in [1.807, 2.05) is 30.3 Å². The number of rotatable bonds is 7. The summed E-state index contributed by atoms with van der Waals surface area (Å²) in [6.07, 6.45) is 1.66. The van der Waals surface area contributed by atoms with Gasteiger partial charge in [0.15, 0.2) is 0 Å². The molecule has 0 aliphatic heterocycles. The molecule has 2 amide bonds. The molecule has 1 rings (SSSR count). The number of benzene rings is 1. The molecule has 0 fully saturated rings. The standard InChI is InChI=1S/C14H19N3O2/c1-2-8-17(11-12-6-4-3-5-7-12)14(19)10-16-13(18)9-15/h2-7H,1,8-11,15H2,(H,16,18). The lowest BCUT2D eigenvalue weighted by molar-refractivity contribution is -0.132. The molecule has 0 aliphatic rings. The molecule has 0 unspecified atom stereocenters. The first kappa shape index (κ1) is 14.9. The number of nitrogens with one attached hydrogen (secondary N) is 1. The van der Waals surface area contributed by atoms with Crippen LogP contribution in [0.3, 0.4) is 0 Å². The Hall–Kier alpha value is -2.14. The van der Waals surface area contributed by atoms with Gasteiger partial charge < -0.3 is 16.0 Å². The van der Waals surface area contributed by atoms with Crippen LogP contribution in [-0.4, -0.2) is 36.3 Å². The van der Waals surface area contributed by atoms with Crippen molar-refractivity contribution in [3.8, 4) is 0 Å². The van der Waals surface area contributed by atoms with Gasteiger partial charge in [-0.25, -0.2) is 0 Å². The number of amides is 2. The molecule has 0 saturated carbocycles. The van der Waals surface area contributed by atoms with Crippen LogP contribution in [0.5, 0.6) is 0 Å². The molecular formula is C14H19N3O2. The van der Waals surface area contributed by atoms with E-state index >= 15 is 0 Å². The van der Waals surface area contributed by atoms with E-state index in [0.717, 1.165) is 5.56 Å². The molecule has 102 valence electrons. The van der Waals surface area contributed by atoms with Crippen LogP contribution in [0.15, 0.2) is 43.0 Å². The maximum absolute atomic E-state index is 12.0. The monoisotopic (exact) mass is 261 g/mol. The summed E-state index contributed by atoms with van der Waals surface area (Å²) in [7, 11) is 0. The smallest absolute Gasteiger partial charge is 0.242 e. The van der Waals surface area contributed by atoms with Crippen molar-refractivity contribution in [1.82, 2.24) is 10.2 Å². The molecule has 0 saturated heterocycles. The fraction of sp³-hybridized carbons (Fsp3) is 0.286. The maximum Gasteiger partial charge on any atom is 0.242 e. The van der Waals surface area contributed by atoms with Crippen molar-refractivity contribution >= 4 is 11.8 Å². The average Bonchev–Trinajstić information content (AvgIpc) is 2.45. The second-order valence-corrected chi connectivity index (χ2v) is 4.03. The number of nitrogens with two attached hydrogens (primary N) is 1. The van der Waals surface area contributed by atoms with Gasteiger partial charge in [-0.05, 0) is 5.56 Å². The van der Waals surface area contributed by atoms with Crippen molar-refractivity contribution < 1.29 is 9.59 Å². The summed E-state index contributed by atoms with van der Waals surface area (Å²) in [5.41, 5.74) is 6.19. The van der Waals surface area contributed by atoms with Gasteiger partial charge in [0.1, 0.15) is 0 Å². The summed E-state index contributed by atoms with van der Waals surface area (Å²) >= 11 is 0. The van der Waals surface area contributed by atoms with E-state index in [9.17, 15) is 9.59 Å². The molecular weight excluding hydrogens is 242 g/mol. The van der Waals surface area contributed by atoms with Crippen LogP contribution < -0.4 is 11.1 Å². The van der Waals surface area contributed by atoms with Crippen LogP contribution in [-0.2, 0) is 16.1 Å². The van der Waals surface area contributed by atoms with Crippen LogP contribution in [0.25, 0.3) is 0 Å². The van der Waals surface area contributed by atoms with Gasteiger partial charge in [0.2, 0.25) is 11.8 Å². The van der Waals surface area contributed by atoms with Gasteiger partial charge in [0.25, 0.3) is 0 Å². The van der Waals surface area contributed by atoms with E-state index in [0.29, 0.717) is 13.1 Å². The summed E-state index contributed by atoms with van der Waals surface area (Å²) in [4.78, 5) is 24.6. The first-order chi connectivity index (χ1) is 9.17. The highest BCUT2D eigenvalue weighted by molar-refractivity contribution is 5.85. The Morgan fingerprint density at radius 3 is 2.58 bits per heavy atom. The van der Waals surface area contributed by atoms with Crippen molar-refractivity contribution in [3.63, 3.8) is 0 Å². The molecule has 0 spiro atoms. The van der Waals surface area contributed by atoms with E-state index in [2.05, 4.69) is 11.9 Å². The van der Waals surface area contributed by atoms with Gasteiger partial charge in [-0.2, -0.15) is 0 Å². The topological polar surface area (TPSA) is 75.4 Å². The molecule has 0 aliphatic carbocycles. The van der Waals surface area contributed by atoms with Crippen LogP contribution in [0.4, 0.5) is 0 Å². The minimum atomic E-state index is -0.341. The van der Waals surface area contributed by atoms with Crippen LogP contribution >= 0.6 is 0 Å². The summed E-state index contributed by atoms with van der Waals surface area (Å²) in [6, 6.07) is 9.65. The minimum absolute atomic E-state index is 0.0449. The molecule has 0 bridgehead atoms. The molecule has 19 heavy (non-hydrogen) atoms. The van der Waals surface area contributed by atoms with E-state index in [1.165, 1.54) is 0 Å². The zero-order valence-electron chi connectivity index (χ0n) is 10.8. The Morgan fingerprint density at radius 2 is 2.00 bits per heavy atom. The van der Waals surface area contributed by atoms with Gasteiger partial charge in [0, 0.05) is 13.1 Å². The van der Waals surface area contributed by atoms with Crippen LogP contribution in [0.2, 0.25) is 0 Å². The second kappa shape index (κ2) is 8.05. The molecule has 0 heterocycles. The van der Waals surface area contributed by atoms with E-state index < -0.39 is 0 Å². The maximum atomic E-state index is 12.0. The van der Waals surface area contributed by atoms with Crippen molar-refractivity contribution in [2.75, 3.05) is 19.6 Å². The Bertz CT molecular complexity index is 432. The number of nitrogens with zero attached hydrogens (tertiary/aromatic N) is 1. The van der Waals surface area contributed by atoms with Crippen molar-refractivity contribution in [2.45, 2.75) is 6.54 Å².